The van der Waals surface area contributed by atoms with Crippen molar-refractivity contribution in [3.63, 3.8) is 0 Å². The van der Waals surface area contributed by atoms with Gasteiger partial charge in [-0.1, -0.05) is 17.7 Å². The lowest BCUT2D eigenvalue weighted by atomic mass is 10.3. The SMILES string of the molecule is CC(C)n1nccc1NC(=O)[C@@H](C)OC(=O)COc1cccc(Cl)c1. The van der Waals surface area contributed by atoms with Gasteiger partial charge >= 0.3 is 5.97 Å². The summed E-state index contributed by atoms with van der Waals surface area (Å²) < 4.78 is 12.0. The number of carbonyl (C=O) groups excluding carboxylic acids is 2. The van der Waals surface area contributed by atoms with Crippen LogP contribution in [0, 0.1) is 0 Å². The molecule has 134 valence electrons. The Morgan fingerprint density at radius 3 is 2.72 bits per heavy atom. The Balaban J connectivity index is 1.83. The van der Waals surface area contributed by atoms with Gasteiger partial charge in [0.15, 0.2) is 12.7 Å². The van der Waals surface area contributed by atoms with Crippen LogP contribution in [0.5, 0.6) is 5.75 Å². The first kappa shape index (κ1) is 18.8. The van der Waals surface area contributed by atoms with Crippen molar-refractivity contribution in [2.75, 3.05) is 11.9 Å². The van der Waals surface area contributed by atoms with Gasteiger partial charge < -0.3 is 14.8 Å². The zero-order valence-electron chi connectivity index (χ0n) is 14.2. The lowest BCUT2D eigenvalue weighted by Gasteiger charge is -2.16. The third kappa shape index (κ3) is 5.49. The molecule has 0 saturated heterocycles. The first-order valence-electron chi connectivity index (χ1n) is 7.79. The molecule has 0 spiro atoms. The summed E-state index contributed by atoms with van der Waals surface area (Å²) >= 11 is 5.83. The molecule has 1 amide bonds. The maximum absolute atomic E-state index is 12.2. The Morgan fingerprint density at radius 1 is 1.28 bits per heavy atom. The normalized spacial score (nSPS) is 11.9. The molecular weight excluding hydrogens is 346 g/mol. The van der Waals surface area contributed by atoms with E-state index in [1.54, 1.807) is 41.2 Å². The van der Waals surface area contributed by atoms with Gasteiger partial charge in [-0.15, -0.1) is 0 Å². The topological polar surface area (TPSA) is 82.5 Å². The Kier molecular flexibility index (Phi) is 6.41. The second-order valence-electron chi connectivity index (χ2n) is 5.62. The van der Waals surface area contributed by atoms with E-state index in [0.29, 0.717) is 16.6 Å². The van der Waals surface area contributed by atoms with Crippen LogP contribution in [0.25, 0.3) is 0 Å². The highest BCUT2D eigenvalue weighted by Gasteiger charge is 2.20. The molecule has 0 aliphatic rings. The minimum absolute atomic E-state index is 0.0919. The van der Waals surface area contributed by atoms with Crippen molar-refractivity contribution in [3.05, 3.63) is 41.6 Å². The van der Waals surface area contributed by atoms with E-state index in [2.05, 4.69) is 10.4 Å². The van der Waals surface area contributed by atoms with Crippen LogP contribution < -0.4 is 10.1 Å². The number of rotatable bonds is 7. The predicted molar refractivity (Wildman–Crippen MR) is 93.7 cm³/mol. The first-order valence-corrected chi connectivity index (χ1v) is 8.17. The number of aromatic nitrogens is 2. The smallest absolute Gasteiger partial charge is 0.344 e. The summed E-state index contributed by atoms with van der Waals surface area (Å²) in [5, 5.41) is 7.31. The van der Waals surface area contributed by atoms with Gasteiger partial charge in [-0.3, -0.25) is 4.79 Å². The molecule has 8 heteroatoms. The van der Waals surface area contributed by atoms with E-state index in [9.17, 15) is 9.59 Å². The van der Waals surface area contributed by atoms with Crippen molar-refractivity contribution in [2.45, 2.75) is 32.9 Å². The van der Waals surface area contributed by atoms with E-state index in [1.165, 1.54) is 6.92 Å². The lowest BCUT2D eigenvalue weighted by Crippen LogP contribution is -2.32. The van der Waals surface area contributed by atoms with E-state index < -0.39 is 18.0 Å². The van der Waals surface area contributed by atoms with Gasteiger partial charge in [0.25, 0.3) is 5.91 Å². The first-order chi connectivity index (χ1) is 11.9. The average Bonchev–Trinajstić information content (AvgIpc) is 3.01. The van der Waals surface area contributed by atoms with E-state index in [4.69, 9.17) is 21.1 Å². The van der Waals surface area contributed by atoms with Gasteiger partial charge in [-0.05, 0) is 39.0 Å². The highest BCUT2D eigenvalue weighted by Crippen LogP contribution is 2.17. The van der Waals surface area contributed by atoms with Crippen molar-refractivity contribution in [1.29, 1.82) is 0 Å². The summed E-state index contributed by atoms with van der Waals surface area (Å²) in [6.45, 7) is 5.06. The number of hydrogen-bond acceptors (Lipinski definition) is 5. The number of esters is 1. The summed E-state index contributed by atoms with van der Waals surface area (Å²) in [5.41, 5.74) is 0. The Morgan fingerprint density at radius 2 is 2.04 bits per heavy atom. The number of anilines is 1. The van der Waals surface area contributed by atoms with Crippen LogP contribution in [0.2, 0.25) is 5.02 Å². The third-order valence-corrected chi connectivity index (χ3v) is 3.48. The molecule has 0 fully saturated rings. The quantitative estimate of drug-likeness (QED) is 0.762. The highest BCUT2D eigenvalue weighted by atomic mass is 35.5. The van der Waals surface area contributed by atoms with Gasteiger partial charge in [-0.2, -0.15) is 5.10 Å². The molecule has 0 saturated carbocycles. The van der Waals surface area contributed by atoms with Gasteiger partial charge in [0, 0.05) is 17.1 Å². The number of halogens is 1. The average molecular weight is 366 g/mol. The van der Waals surface area contributed by atoms with Crippen LogP contribution >= 0.6 is 11.6 Å². The number of amides is 1. The molecule has 0 unspecified atom stereocenters. The summed E-state index contributed by atoms with van der Waals surface area (Å²) in [6, 6.07) is 8.42. The summed E-state index contributed by atoms with van der Waals surface area (Å²) in [6.07, 6.45) is 0.622. The number of nitrogens with one attached hydrogen (secondary N) is 1. The van der Waals surface area contributed by atoms with E-state index in [-0.39, 0.29) is 12.6 Å². The molecule has 7 nitrogen and oxygen atoms in total. The number of hydrogen-bond donors (Lipinski definition) is 1. The molecule has 0 bridgehead atoms. The minimum Gasteiger partial charge on any atom is -0.482 e. The number of ether oxygens (including phenoxy) is 2. The van der Waals surface area contributed by atoms with E-state index in [0.717, 1.165) is 0 Å². The predicted octanol–water partition coefficient (Wildman–Crippen LogP) is 3.07. The van der Waals surface area contributed by atoms with Crippen LogP contribution in [-0.2, 0) is 14.3 Å². The molecule has 0 aliphatic heterocycles. The fraction of sp³-hybridized carbons (Fsp3) is 0.353. The monoisotopic (exact) mass is 365 g/mol. The molecule has 1 aromatic carbocycles. The van der Waals surface area contributed by atoms with Gasteiger partial charge in [0.2, 0.25) is 0 Å². The molecule has 25 heavy (non-hydrogen) atoms. The third-order valence-electron chi connectivity index (χ3n) is 3.24. The van der Waals surface area contributed by atoms with Gasteiger partial charge in [-0.25, -0.2) is 9.48 Å². The Hall–Kier alpha value is -2.54. The van der Waals surface area contributed by atoms with Crippen molar-refractivity contribution >= 4 is 29.3 Å². The fourth-order valence-corrected chi connectivity index (χ4v) is 2.22. The zero-order valence-corrected chi connectivity index (χ0v) is 15.0. The molecule has 2 aromatic rings. The Labute approximate surface area is 150 Å². The van der Waals surface area contributed by atoms with Crippen molar-refractivity contribution in [3.8, 4) is 5.75 Å². The molecule has 0 radical (unpaired) electrons. The summed E-state index contributed by atoms with van der Waals surface area (Å²) in [4.78, 5) is 24.0. The summed E-state index contributed by atoms with van der Waals surface area (Å²) in [5.74, 6) is -0.112. The van der Waals surface area contributed by atoms with Crippen LogP contribution in [-0.4, -0.2) is 34.4 Å². The standard InChI is InChI=1S/C17H20ClN3O4/c1-11(2)21-15(7-8-19-21)20-17(23)12(3)25-16(22)10-24-14-6-4-5-13(18)9-14/h4-9,11-12H,10H2,1-3H3,(H,20,23)/t12-/m1/s1. The largest absolute Gasteiger partial charge is 0.482 e. The number of carbonyl (C=O) groups is 2. The molecule has 1 aromatic heterocycles. The van der Waals surface area contributed by atoms with Crippen molar-refractivity contribution in [2.24, 2.45) is 0 Å². The Bertz CT molecular complexity index is 745. The molecule has 1 N–H and O–H groups in total. The number of benzene rings is 1. The van der Waals surface area contributed by atoms with Crippen LogP contribution in [0.4, 0.5) is 5.82 Å². The van der Waals surface area contributed by atoms with E-state index >= 15 is 0 Å². The van der Waals surface area contributed by atoms with E-state index in [1.807, 2.05) is 13.8 Å². The molecule has 2 rings (SSSR count). The molecular formula is C17H20ClN3O4. The molecule has 1 heterocycles. The van der Waals surface area contributed by atoms with Crippen LogP contribution in [0.1, 0.15) is 26.8 Å². The second kappa shape index (κ2) is 8.53. The van der Waals surface area contributed by atoms with Gasteiger partial charge in [0.05, 0.1) is 6.20 Å². The molecule has 1 atom stereocenters. The van der Waals surface area contributed by atoms with Crippen molar-refractivity contribution < 1.29 is 19.1 Å². The maximum Gasteiger partial charge on any atom is 0.344 e. The second-order valence-corrected chi connectivity index (χ2v) is 6.06. The van der Waals surface area contributed by atoms with Gasteiger partial charge in [0.1, 0.15) is 11.6 Å². The highest BCUT2D eigenvalue weighted by molar-refractivity contribution is 6.30. The lowest BCUT2D eigenvalue weighted by molar-refractivity contribution is -0.155. The number of nitrogens with zero attached hydrogens (tertiary/aromatic N) is 2. The fourth-order valence-electron chi connectivity index (χ4n) is 2.04. The zero-order chi connectivity index (χ0) is 18.4. The molecule has 0 aliphatic carbocycles. The summed E-state index contributed by atoms with van der Waals surface area (Å²) in [7, 11) is 0. The van der Waals surface area contributed by atoms with Crippen LogP contribution in [0.3, 0.4) is 0 Å². The maximum atomic E-state index is 12.2. The van der Waals surface area contributed by atoms with Crippen LogP contribution in [0.15, 0.2) is 36.5 Å². The minimum atomic E-state index is -0.967. The van der Waals surface area contributed by atoms with Crippen molar-refractivity contribution in [1.82, 2.24) is 9.78 Å².